The summed E-state index contributed by atoms with van der Waals surface area (Å²) in [6.07, 6.45) is 1.18. The number of hydrogen-bond donors (Lipinski definition) is 1. The van der Waals surface area contributed by atoms with Crippen molar-refractivity contribution in [2.24, 2.45) is 0 Å². The van der Waals surface area contributed by atoms with Crippen molar-refractivity contribution in [3.05, 3.63) is 29.8 Å². The third-order valence-electron chi connectivity index (χ3n) is 2.22. The lowest BCUT2D eigenvalue weighted by Gasteiger charge is -2.17. The summed E-state index contributed by atoms with van der Waals surface area (Å²) in [5.41, 5.74) is 2.67. The fourth-order valence-electron chi connectivity index (χ4n) is 1.50. The fraction of sp³-hybridized carbons (Fsp3) is 0.500. The van der Waals surface area contributed by atoms with Crippen LogP contribution in [0.5, 0.6) is 0 Å². The van der Waals surface area contributed by atoms with E-state index in [2.05, 4.69) is 55.5 Å². The van der Waals surface area contributed by atoms with E-state index in [4.69, 9.17) is 0 Å². The number of para-hydroxylation sites is 1. The summed E-state index contributed by atoms with van der Waals surface area (Å²) < 4.78 is 0. The molecule has 1 rings (SSSR count). The fourth-order valence-corrected chi connectivity index (χ4v) is 1.50. The maximum absolute atomic E-state index is 3.42. The largest absolute Gasteiger partial charge is 0.377 e. The van der Waals surface area contributed by atoms with Crippen LogP contribution in [-0.2, 0) is 6.54 Å². The van der Waals surface area contributed by atoms with Crippen LogP contribution in [0.25, 0.3) is 0 Å². The molecule has 0 aliphatic carbocycles. The zero-order valence-corrected chi connectivity index (χ0v) is 9.38. The van der Waals surface area contributed by atoms with Gasteiger partial charge in [0, 0.05) is 26.3 Å². The Bertz CT molecular complexity index is 269. The molecule has 0 radical (unpaired) electrons. The van der Waals surface area contributed by atoms with Gasteiger partial charge in [-0.15, -0.1) is 0 Å². The Labute approximate surface area is 86.9 Å². The minimum Gasteiger partial charge on any atom is -0.377 e. The number of benzene rings is 1. The standard InChI is InChI=1S/C12H20N2/c1-4-9-13-10-11-7-5-6-8-12(11)14(2)3/h5-8,13H,4,9-10H2,1-3H3. The van der Waals surface area contributed by atoms with Crippen molar-refractivity contribution in [1.82, 2.24) is 5.32 Å². The topological polar surface area (TPSA) is 15.3 Å². The van der Waals surface area contributed by atoms with Gasteiger partial charge in [-0.3, -0.25) is 0 Å². The third kappa shape index (κ3) is 3.04. The first-order valence-corrected chi connectivity index (χ1v) is 5.21. The molecule has 0 aromatic heterocycles. The second-order valence-electron chi connectivity index (χ2n) is 3.70. The average molecular weight is 192 g/mol. The molecule has 1 aromatic carbocycles. The molecule has 0 heterocycles. The van der Waals surface area contributed by atoms with Gasteiger partial charge in [-0.1, -0.05) is 25.1 Å². The minimum absolute atomic E-state index is 0.961. The number of rotatable bonds is 5. The summed E-state index contributed by atoms with van der Waals surface area (Å²) in [7, 11) is 4.16. The first kappa shape index (κ1) is 11.1. The van der Waals surface area contributed by atoms with Gasteiger partial charge in [0.25, 0.3) is 0 Å². The third-order valence-corrected chi connectivity index (χ3v) is 2.22. The van der Waals surface area contributed by atoms with Crippen LogP contribution < -0.4 is 10.2 Å². The molecule has 1 N–H and O–H groups in total. The quantitative estimate of drug-likeness (QED) is 0.720. The maximum Gasteiger partial charge on any atom is 0.0406 e. The summed E-state index contributed by atoms with van der Waals surface area (Å²) >= 11 is 0. The van der Waals surface area contributed by atoms with Gasteiger partial charge in [-0.25, -0.2) is 0 Å². The average Bonchev–Trinajstić information content (AvgIpc) is 2.19. The lowest BCUT2D eigenvalue weighted by molar-refractivity contribution is 0.675. The van der Waals surface area contributed by atoms with E-state index in [1.165, 1.54) is 17.7 Å². The Balaban J connectivity index is 2.64. The molecule has 0 aliphatic heterocycles. The van der Waals surface area contributed by atoms with Crippen LogP contribution in [0.15, 0.2) is 24.3 Å². The molecule has 0 saturated carbocycles. The summed E-state index contributed by atoms with van der Waals surface area (Å²) in [4.78, 5) is 2.16. The molecule has 0 fully saturated rings. The molecular formula is C12H20N2. The predicted molar refractivity (Wildman–Crippen MR) is 62.8 cm³/mol. The van der Waals surface area contributed by atoms with Crippen molar-refractivity contribution < 1.29 is 0 Å². The summed E-state index contributed by atoms with van der Waals surface area (Å²) in [6.45, 7) is 4.23. The normalized spacial score (nSPS) is 10.2. The molecule has 78 valence electrons. The molecule has 0 spiro atoms. The van der Waals surface area contributed by atoms with Crippen molar-refractivity contribution in [2.45, 2.75) is 19.9 Å². The minimum atomic E-state index is 0.961. The first-order chi connectivity index (χ1) is 6.75. The van der Waals surface area contributed by atoms with Gasteiger partial charge in [0.15, 0.2) is 0 Å². The summed E-state index contributed by atoms with van der Waals surface area (Å²) in [5.74, 6) is 0. The molecule has 0 atom stereocenters. The molecular weight excluding hydrogens is 172 g/mol. The highest BCUT2D eigenvalue weighted by molar-refractivity contribution is 5.52. The van der Waals surface area contributed by atoms with E-state index in [1.807, 2.05) is 0 Å². The van der Waals surface area contributed by atoms with Gasteiger partial charge in [-0.05, 0) is 24.6 Å². The van der Waals surface area contributed by atoms with Crippen LogP contribution in [0.1, 0.15) is 18.9 Å². The van der Waals surface area contributed by atoms with Crippen molar-refractivity contribution >= 4 is 5.69 Å². The number of nitrogens with zero attached hydrogens (tertiary/aromatic N) is 1. The van der Waals surface area contributed by atoms with Crippen LogP contribution in [0.3, 0.4) is 0 Å². The Hall–Kier alpha value is -1.02. The Morgan fingerprint density at radius 1 is 1.21 bits per heavy atom. The van der Waals surface area contributed by atoms with Gasteiger partial charge in [0.05, 0.1) is 0 Å². The van der Waals surface area contributed by atoms with E-state index in [1.54, 1.807) is 0 Å². The molecule has 0 saturated heterocycles. The Kier molecular flexibility index (Phi) is 4.47. The second-order valence-corrected chi connectivity index (χ2v) is 3.70. The van der Waals surface area contributed by atoms with E-state index in [0.29, 0.717) is 0 Å². The van der Waals surface area contributed by atoms with E-state index < -0.39 is 0 Å². The molecule has 2 heteroatoms. The van der Waals surface area contributed by atoms with Gasteiger partial charge in [0.1, 0.15) is 0 Å². The number of hydrogen-bond acceptors (Lipinski definition) is 2. The van der Waals surface area contributed by atoms with Crippen LogP contribution in [0.4, 0.5) is 5.69 Å². The highest BCUT2D eigenvalue weighted by Crippen LogP contribution is 2.17. The molecule has 2 nitrogen and oxygen atoms in total. The highest BCUT2D eigenvalue weighted by Gasteiger charge is 2.01. The van der Waals surface area contributed by atoms with Gasteiger partial charge < -0.3 is 10.2 Å². The lowest BCUT2D eigenvalue weighted by Crippen LogP contribution is -2.17. The summed E-state index contributed by atoms with van der Waals surface area (Å²) in [5, 5.41) is 3.42. The smallest absolute Gasteiger partial charge is 0.0406 e. The molecule has 14 heavy (non-hydrogen) atoms. The number of nitrogens with one attached hydrogen (secondary N) is 1. The molecule has 0 aliphatic rings. The van der Waals surface area contributed by atoms with Crippen molar-refractivity contribution in [1.29, 1.82) is 0 Å². The van der Waals surface area contributed by atoms with E-state index >= 15 is 0 Å². The maximum atomic E-state index is 3.42. The molecule has 0 unspecified atom stereocenters. The summed E-state index contributed by atoms with van der Waals surface area (Å²) in [6, 6.07) is 8.51. The zero-order valence-electron chi connectivity index (χ0n) is 9.38. The predicted octanol–water partition coefficient (Wildman–Crippen LogP) is 2.25. The first-order valence-electron chi connectivity index (χ1n) is 5.21. The monoisotopic (exact) mass is 192 g/mol. The van der Waals surface area contributed by atoms with Crippen molar-refractivity contribution in [2.75, 3.05) is 25.5 Å². The Morgan fingerprint density at radius 3 is 2.57 bits per heavy atom. The number of anilines is 1. The molecule has 0 bridgehead atoms. The van der Waals surface area contributed by atoms with E-state index in [-0.39, 0.29) is 0 Å². The van der Waals surface area contributed by atoms with Crippen molar-refractivity contribution in [3.8, 4) is 0 Å². The van der Waals surface area contributed by atoms with Gasteiger partial charge in [0.2, 0.25) is 0 Å². The lowest BCUT2D eigenvalue weighted by atomic mass is 10.1. The van der Waals surface area contributed by atoms with E-state index in [0.717, 1.165) is 13.1 Å². The van der Waals surface area contributed by atoms with Crippen molar-refractivity contribution in [3.63, 3.8) is 0 Å². The molecule has 0 amide bonds. The van der Waals surface area contributed by atoms with Gasteiger partial charge >= 0.3 is 0 Å². The van der Waals surface area contributed by atoms with Crippen LogP contribution in [-0.4, -0.2) is 20.6 Å². The Morgan fingerprint density at radius 2 is 1.93 bits per heavy atom. The van der Waals surface area contributed by atoms with Crippen LogP contribution in [0.2, 0.25) is 0 Å². The SMILES string of the molecule is CCCNCc1ccccc1N(C)C. The van der Waals surface area contributed by atoms with Gasteiger partial charge in [-0.2, -0.15) is 0 Å². The molecule has 1 aromatic rings. The van der Waals surface area contributed by atoms with Crippen LogP contribution in [0, 0.1) is 0 Å². The van der Waals surface area contributed by atoms with E-state index in [9.17, 15) is 0 Å². The second kappa shape index (κ2) is 5.66. The zero-order chi connectivity index (χ0) is 10.4. The van der Waals surface area contributed by atoms with Crippen LogP contribution >= 0.6 is 0 Å². The highest BCUT2D eigenvalue weighted by atomic mass is 15.1.